The van der Waals surface area contributed by atoms with Crippen molar-refractivity contribution in [2.45, 2.75) is 41.9 Å². The summed E-state index contributed by atoms with van der Waals surface area (Å²) in [7, 11) is 2.08. The molecule has 1 N–H and O–H groups in total. The maximum absolute atomic E-state index is 3.62. The number of benzene rings is 1. The highest BCUT2D eigenvalue weighted by atomic mass is 79.9. The third-order valence-corrected chi connectivity index (χ3v) is 5.49. The van der Waals surface area contributed by atoms with E-state index in [1.54, 1.807) is 0 Å². The van der Waals surface area contributed by atoms with E-state index < -0.39 is 0 Å². The van der Waals surface area contributed by atoms with Crippen molar-refractivity contribution >= 4 is 27.7 Å². The Bertz CT molecular complexity index is 342. The number of hydrogen-bond donors (Lipinski definition) is 1. The van der Waals surface area contributed by atoms with Gasteiger partial charge in [-0.2, -0.15) is 0 Å². The average Bonchev–Trinajstić information content (AvgIpc) is 2.32. The van der Waals surface area contributed by atoms with Crippen LogP contribution in [-0.2, 0) is 0 Å². The summed E-state index contributed by atoms with van der Waals surface area (Å²) < 4.78 is 1.23. The molecule has 1 saturated carbocycles. The number of hydrogen-bond acceptors (Lipinski definition) is 2. The molecule has 0 aliphatic heterocycles. The van der Waals surface area contributed by atoms with Gasteiger partial charge in [-0.1, -0.05) is 18.6 Å². The number of thioether (sulfide) groups is 1. The summed E-state index contributed by atoms with van der Waals surface area (Å²) in [5.41, 5.74) is 0. The first-order chi connectivity index (χ1) is 7.79. The van der Waals surface area contributed by atoms with Crippen LogP contribution in [0.5, 0.6) is 0 Å². The molecule has 1 nitrogen and oxygen atoms in total. The van der Waals surface area contributed by atoms with Gasteiger partial charge in [0.05, 0.1) is 0 Å². The largest absolute Gasteiger partial charge is 0.317 e. The Kier molecular flexibility index (Phi) is 4.74. The van der Waals surface area contributed by atoms with Gasteiger partial charge in [-0.05, 0) is 54.4 Å². The van der Waals surface area contributed by atoms with Crippen LogP contribution in [0.2, 0.25) is 0 Å². The van der Waals surface area contributed by atoms with Gasteiger partial charge in [0.1, 0.15) is 0 Å². The van der Waals surface area contributed by atoms with Crippen molar-refractivity contribution in [3.05, 3.63) is 28.7 Å². The molecule has 88 valence electrons. The molecule has 0 spiro atoms. The summed E-state index contributed by atoms with van der Waals surface area (Å²) in [5, 5.41) is 4.18. The smallest absolute Gasteiger partial charge is 0.0311 e. The second-order valence-corrected chi connectivity index (χ2v) is 6.52. The van der Waals surface area contributed by atoms with Crippen LogP contribution in [-0.4, -0.2) is 18.3 Å². The van der Waals surface area contributed by atoms with E-state index >= 15 is 0 Å². The van der Waals surface area contributed by atoms with Gasteiger partial charge in [-0.25, -0.2) is 0 Å². The molecule has 0 saturated heterocycles. The molecule has 1 aliphatic rings. The van der Waals surface area contributed by atoms with Gasteiger partial charge in [-0.15, -0.1) is 11.8 Å². The standard InChI is InChI=1S/C13H18BrNS/c1-15-10-5-4-6-11(9-10)16-13-8-3-2-7-12(13)14/h2-3,7-8,10-11,15H,4-6,9H2,1H3. The van der Waals surface area contributed by atoms with Crippen molar-refractivity contribution in [3.8, 4) is 0 Å². The van der Waals surface area contributed by atoms with Crippen molar-refractivity contribution in [2.75, 3.05) is 7.05 Å². The fraction of sp³-hybridized carbons (Fsp3) is 0.538. The van der Waals surface area contributed by atoms with Gasteiger partial charge in [0.25, 0.3) is 0 Å². The monoisotopic (exact) mass is 299 g/mol. The number of rotatable bonds is 3. The molecule has 1 aromatic carbocycles. The third kappa shape index (κ3) is 3.25. The molecule has 0 amide bonds. The molecule has 0 radical (unpaired) electrons. The predicted octanol–water partition coefficient (Wildman–Crippen LogP) is 4.07. The lowest BCUT2D eigenvalue weighted by Crippen LogP contribution is -2.32. The highest BCUT2D eigenvalue weighted by Crippen LogP contribution is 2.36. The Labute approximate surface area is 111 Å². The van der Waals surface area contributed by atoms with Crippen LogP contribution >= 0.6 is 27.7 Å². The van der Waals surface area contributed by atoms with E-state index in [1.165, 1.54) is 35.1 Å². The summed E-state index contributed by atoms with van der Waals surface area (Å²) in [4.78, 5) is 1.38. The van der Waals surface area contributed by atoms with Crippen molar-refractivity contribution in [3.63, 3.8) is 0 Å². The lowest BCUT2D eigenvalue weighted by molar-refractivity contribution is 0.402. The third-order valence-electron chi connectivity index (χ3n) is 3.16. The highest BCUT2D eigenvalue weighted by Gasteiger charge is 2.21. The first-order valence-corrected chi connectivity index (χ1v) is 7.55. The van der Waals surface area contributed by atoms with E-state index in [0.29, 0.717) is 6.04 Å². The van der Waals surface area contributed by atoms with Crippen molar-refractivity contribution < 1.29 is 0 Å². The van der Waals surface area contributed by atoms with Crippen LogP contribution < -0.4 is 5.32 Å². The Balaban J connectivity index is 1.97. The minimum Gasteiger partial charge on any atom is -0.317 e. The minimum absolute atomic E-state index is 0.716. The normalized spacial score (nSPS) is 25.6. The fourth-order valence-electron chi connectivity index (χ4n) is 2.23. The molecule has 0 heterocycles. The van der Waals surface area contributed by atoms with Crippen LogP contribution in [0, 0.1) is 0 Å². The lowest BCUT2D eigenvalue weighted by atomic mass is 9.95. The first-order valence-electron chi connectivity index (χ1n) is 5.88. The molecular formula is C13H18BrNS. The van der Waals surface area contributed by atoms with E-state index in [0.717, 1.165) is 5.25 Å². The summed E-state index contributed by atoms with van der Waals surface area (Å²) in [6.07, 6.45) is 5.34. The summed E-state index contributed by atoms with van der Waals surface area (Å²) in [5.74, 6) is 0. The maximum Gasteiger partial charge on any atom is 0.0311 e. The molecule has 1 aromatic rings. The molecular weight excluding hydrogens is 282 g/mol. The van der Waals surface area contributed by atoms with Gasteiger partial charge in [0, 0.05) is 20.7 Å². The molecule has 0 aromatic heterocycles. The zero-order valence-corrected chi connectivity index (χ0v) is 12.0. The number of nitrogens with one attached hydrogen (secondary N) is 1. The molecule has 2 rings (SSSR count). The van der Waals surface area contributed by atoms with Gasteiger partial charge in [0.2, 0.25) is 0 Å². The van der Waals surface area contributed by atoms with Gasteiger partial charge in [-0.3, -0.25) is 0 Å². The second kappa shape index (κ2) is 6.08. The van der Waals surface area contributed by atoms with E-state index in [2.05, 4.69) is 52.6 Å². The Morgan fingerprint density at radius 3 is 2.88 bits per heavy atom. The van der Waals surface area contributed by atoms with Gasteiger partial charge < -0.3 is 5.32 Å². The highest BCUT2D eigenvalue weighted by molar-refractivity contribution is 9.10. The van der Waals surface area contributed by atoms with E-state index in [4.69, 9.17) is 0 Å². The topological polar surface area (TPSA) is 12.0 Å². The van der Waals surface area contributed by atoms with Crippen molar-refractivity contribution in [2.24, 2.45) is 0 Å². The van der Waals surface area contributed by atoms with Gasteiger partial charge in [0.15, 0.2) is 0 Å². The zero-order chi connectivity index (χ0) is 11.4. The summed E-state index contributed by atoms with van der Waals surface area (Å²) in [6, 6.07) is 9.24. The molecule has 0 bridgehead atoms. The molecule has 2 unspecified atom stereocenters. The van der Waals surface area contributed by atoms with E-state index in [-0.39, 0.29) is 0 Å². The molecule has 3 heteroatoms. The summed E-state index contributed by atoms with van der Waals surface area (Å²) >= 11 is 5.64. The first kappa shape index (κ1) is 12.5. The summed E-state index contributed by atoms with van der Waals surface area (Å²) in [6.45, 7) is 0. The van der Waals surface area contributed by atoms with Crippen LogP contribution in [0.1, 0.15) is 25.7 Å². The SMILES string of the molecule is CNC1CCCC(Sc2ccccc2Br)C1. The molecule has 1 aliphatic carbocycles. The lowest BCUT2D eigenvalue weighted by Gasteiger charge is -2.28. The Morgan fingerprint density at radius 1 is 1.31 bits per heavy atom. The molecule has 16 heavy (non-hydrogen) atoms. The fourth-order valence-corrected chi connectivity index (χ4v) is 4.11. The average molecular weight is 300 g/mol. The Morgan fingerprint density at radius 2 is 2.12 bits per heavy atom. The van der Waals surface area contributed by atoms with Crippen LogP contribution in [0.25, 0.3) is 0 Å². The van der Waals surface area contributed by atoms with Crippen LogP contribution in [0.15, 0.2) is 33.6 Å². The Hall–Kier alpha value is 0.01000. The second-order valence-electron chi connectivity index (χ2n) is 4.32. The van der Waals surface area contributed by atoms with Gasteiger partial charge >= 0.3 is 0 Å². The maximum atomic E-state index is 3.62. The van der Waals surface area contributed by atoms with Crippen LogP contribution in [0.3, 0.4) is 0 Å². The number of halogens is 1. The quantitative estimate of drug-likeness (QED) is 0.903. The zero-order valence-electron chi connectivity index (χ0n) is 9.58. The molecule has 2 atom stereocenters. The van der Waals surface area contributed by atoms with Crippen LogP contribution in [0.4, 0.5) is 0 Å². The minimum atomic E-state index is 0.716. The molecule has 1 fully saturated rings. The van der Waals surface area contributed by atoms with E-state index in [1.807, 2.05) is 11.8 Å². The van der Waals surface area contributed by atoms with Crippen molar-refractivity contribution in [1.29, 1.82) is 0 Å². The predicted molar refractivity (Wildman–Crippen MR) is 75.1 cm³/mol. The van der Waals surface area contributed by atoms with E-state index in [9.17, 15) is 0 Å². The van der Waals surface area contributed by atoms with Crippen molar-refractivity contribution in [1.82, 2.24) is 5.32 Å².